The van der Waals surface area contributed by atoms with Gasteiger partial charge in [-0.05, 0) is 43.0 Å². The van der Waals surface area contributed by atoms with Gasteiger partial charge in [-0.25, -0.2) is 4.98 Å². The number of halogens is 1. The molecule has 0 radical (unpaired) electrons. The monoisotopic (exact) mass is 398 g/mol. The number of carbonyl (C=O) groups is 1. The van der Waals surface area contributed by atoms with Crippen LogP contribution in [-0.2, 0) is 11.3 Å². The largest absolute Gasteiger partial charge is 0.283 e. The lowest BCUT2D eigenvalue weighted by Crippen LogP contribution is -2.36. The number of hydrogen-bond acceptors (Lipinski definition) is 3. The smallest absolute Gasteiger partial charge is 0.232 e. The molecule has 1 aliphatic carbocycles. The van der Waals surface area contributed by atoms with E-state index in [1.54, 1.807) is 11.3 Å². The summed E-state index contributed by atoms with van der Waals surface area (Å²) in [5, 5.41) is 1.49. The minimum atomic E-state index is 0.110. The highest BCUT2D eigenvalue weighted by molar-refractivity contribution is 7.22. The van der Waals surface area contributed by atoms with E-state index in [2.05, 4.69) is 12.1 Å². The van der Waals surface area contributed by atoms with Gasteiger partial charge in [0.25, 0.3) is 0 Å². The predicted octanol–water partition coefficient (Wildman–Crippen LogP) is 6.37. The van der Waals surface area contributed by atoms with Gasteiger partial charge < -0.3 is 0 Å². The number of rotatable bonds is 4. The Morgan fingerprint density at radius 2 is 1.89 bits per heavy atom. The first kappa shape index (κ1) is 18.5. The third kappa shape index (κ3) is 3.87. The molecule has 3 aromatic rings. The number of benzene rings is 2. The maximum atomic E-state index is 13.4. The van der Waals surface area contributed by atoms with E-state index in [1.165, 1.54) is 6.42 Å². The predicted molar refractivity (Wildman–Crippen MR) is 114 cm³/mol. The molecule has 0 unspecified atom stereocenters. The van der Waals surface area contributed by atoms with E-state index in [4.69, 9.17) is 16.6 Å². The number of anilines is 1. The highest BCUT2D eigenvalue weighted by Crippen LogP contribution is 2.36. The summed E-state index contributed by atoms with van der Waals surface area (Å²) in [5.74, 6) is 0.320. The van der Waals surface area contributed by atoms with Crippen LogP contribution in [0.2, 0.25) is 5.02 Å². The molecular weight excluding hydrogens is 376 g/mol. The van der Waals surface area contributed by atoms with Gasteiger partial charge in [0.2, 0.25) is 5.91 Å². The van der Waals surface area contributed by atoms with E-state index >= 15 is 0 Å². The molecule has 4 rings (SSSR count). The summed E-state index contributed by atoms with van der Waals surface area (Å²) in [6, 6.07) is 14.1. The molecule has 1 aromatic heterocycles. The first-order chi connectivity index (χ1) is 13.1. The van der Waals surface area contributed by atoms with Gasteiger partial charge in [0.05, 0.1) is 16.8 Å². The highest BCUT2D eigenvalue weighted by atomic mass is 35.5. The summed E-state index contributed by atoms with van der Waals surface area (Å²) in [7, 11) is 0. The standard InChI is InChI=1S/C22H23ClN2OS/c1-15-18(23)12-13-19-20(15)24-22(27-19)25(14-16-8-4-2-5-9-16)21(26)17-10-6-3-7-11-17/h2,4-5,8-9,12-13,17H,3,6-7,10-11,14H2,1H3. The van der Waals surface area contributed by atoms with E-state index in [9.17, 15) is 4.79 Å². The van der Waals surface area contributed by atoms with Gasteiger partial charge in [0.15, 0.2) is 5.13 Å². The fourth-order valence-electron chi connectivity index (χ4n) is 3.78. The number of amides is 1. The van der Waals surface area contributed by atoms with Gasteiger partial charge in [-0.15, -0.1) is 0 Å². The number of aromatic nitrogens is 1. The summed E-state index contributed by atoms with van der Waals surface area (Å²) in [5.41, 5.74) is 2.99. The lowest BCUT2D eigenvalue weighted by Gasteiger charge is -2.27. The molecular formula is C22H23ClN2OS. The number of fused-ring (bicyclic) bond motifs is 1. The molecule has 1 aliphatic rings. The number of thiazole rings is 1. The molecule has 2 aromatic carbocycles. The van der Waals surface area contributed by atoms with Crippen molar-refractivity contribution in [3.05, 3.63) is 58.6 Å². The Bertz CT molecular complexity index is 948. The zero-order valence-corrected chi connectivity index (χ0v) is 17.0. The van der Waals surface area contributed by atoms with Crippen LogP contribution in [0.3, 0.4) is 0 Å². The molecule has 1 fully saturated rings. The molecule has 27 heavy (non-hydrogen) atoms. The van der Waals surface area contributed by atoms with Crippen molar-refractivity contribution in [3.8, 4) is 0 Å². The Labute approximate surface area is 169 Å². The van der Waals surface area contributed by atoms with Crippen molar-refractivity contribution in [2.24, 2.45) is 5.92 Å². The maximum absolute atomic E-state index is 13.4. The van der Waals surface area contributed by atoms with Gasteiger partial charge in [0.1, 0.15) is 0 Å². The van der Waals surface area contributed by atoms with E-state index in [-0.39, 0.29) is 11.8 Å². The minimum absolute atomic E-state index is 0.110. The normalized spacial score (nSPS) is 15.2. The number of hydrogen-bond donors (Lipinski definition) is 0. The molecule has 1 amide bonds. The van der Waals surface area contributed by atoms with Crippen molar-refractivity contribution in [2.45, 2.75) is 45.6 Å². The second-order valence-electron chi connectivity index (χ2n) is 7.26. The molecule has 3 nitrogen and oxygen atoms in total. The second kappa shape index (κ2) is 7.99. The first-order valence-corrected chi connectivity index (χ1v) is 10.7. The average molecular weight is 399 g/mol. The van der Waals surface area contributed by atoms with Gasteiger partial charge in [0, 0.05) is 10.9 Å². The molecule has 0 N–H and O–H groups in total. The topological polar surface area (TPSA) is 33.2 Å². The summed E-state index contributed by atoms with van der Waals surface area (Å²) in [6.45, 7) is 2.54. The first-order valence-electron chi connectivity index (χ1n) is 9.54. The number of aryl methyl sites for hydroxylation is 1. The van der Waals surface area contributed by atoms with Crippen molar-refractivity contribution in [3.63, 3.8) is 0 Å². The zero-order chi connectivity index (χ0) is 18.8. The Hall–Kier alpha value is -1.91. The summed E-state index contributed by atoms with van der Waals surface area (Å²) >= 11 is 7.85. The fraction of sp³-hybridized carbons (Fsp3) is 0.364. The molecule has 0 saturated heterocycles. The quantitative estimate of drug-likeness (QED) is 0.511. The Morgan fingerprint density at radius 1 is 1.15 bits per heavy atom. The zero-order valence-electron chi connectivity index (χ0n) is 15.5. The van der Waals surface area contributed by atoms with Crippen LogP contribution in [0.5, 0.6) is 0 Å². The van der Waals surface area contributed by atoms with Gasteiger partial charge in [-0.2, -0.15) is 0 Å². The fourth-order valence-corrected chi connectivity index (χ4v) is 4.96. The molecule has 0 spiro atoms. The summed E-state index contributed by atoms with van der Waals surface area (Å²) < 4.78 is 1.07. The molecule has 0 bridgehead atoms. The van der Waals surface area contributed by atoms with Crippen LogP contribution in [0.25, 0.3) is 10.2 Å². The summed E-state index contributed by atoms with van der Waals surface area (Å²) in [4.78, 5) is 20.1. The van der Waals surface area contributed by atoms with E-state index in [0.29, 0.717) is 11.6 Å². The minimum Gasteiger partial charge on any atom is -0.283 e. The summed E-state index contributed by atoms with van der Waals surface area (Å²) in [6.07, 6.45) is 5.50. The van der Waals surface area contributed by atoms with E-state index in [0.717, 1.165) is 52.2 Å². The van der Waals surface area contributed by atoms with Crippen LogP contribution in [0.15, 0.2) is 42.5 Å². The molecule has 0 aliphatic heterocycles. The van der Waals surface area contributed by atoms with Crippen molar-refractivity contribution < 1.29 is 4.79 Å². The van der Waals surface area contributed by atoms with Gasteiger partial charge >= 0.3 is 0 Å². The third-order valence-electron chi connectivity index (χ3n) is 5.37. The Balaban J connectivity index is 1.72. The number of nitrogens with zero attached hydrogens (tertiary/aromatic N) is 2. The van der Waals surface area contributed by atoms with Crippen LogP contribution in [-0.4, -0.2) is 10.9 Å². The molecule has 0 atom stereocenters. The maximum Gasteiger partial charge on any atom is 0.232 e. The van der Waals surface area contributed by atoms with E-state index < -0.39 is 0 Å². The van der Waals surface area contributed by atoms with Crippen LogP contribution in [0, 0.1) is 12.8 Å². The molecule has 140 valence electrons. The van der Waals surface area contributed by atoms with Gasteiger partial charge in [-0.3, -0.25) is 9.69 Å². The Kier molecular flexibility index (Phi) is 5.46. The van der Waals surface area contributed by atoms with Crippen molar-refractivity contribution in [2.75, 3.05) is 4.90 Å². The molecule has 5 heteroatoms. The average Bonchev–Trinajstić information content (AvgIpc) is 3.15. The lowest BCUT2D eigenvalue weighted by molar-refractivity contribution is -0.123. The molecule has 1 heterocycles. The van der Waals surface area contributed by atoms with Crippen molar-refractivity contribution in [1.82, 2.24) is 4.98 Å². The van der Waals surface area contributed by atoms with Gasteiger partial charge in [-0.1, -0.05) is 72.5 Å². The molecule has 1 saturated carbocycles. The van der Waals surface area contributed by atoms with Crippen molar-refractivity contribution in [1.29, 1.82) is 0 Å². The Morgan fingerprint density at radius 3 is 2.63 bits per heavy atom. The third-order valence-corrected chi connectivity index (χ3v) is 6.82. The van der Waals surface area contributed by atoms with Crippen LogP contribution >= 0.6 is 22.9 Å². The van der Waals surface area contributed by atoms with Crippen LogP contribution < -0.4 is 4.90 Å². The SMILES string of the molecule is Cc1c(Cl)ccc2sc(N(Cc3ccccc3)C(=O)C3CCCCC3)nc12. The van der Waals surface area contributed by atoms with Crippen LogP contribution in [0.4, 0.5) is 5.13 Å². The number of carbonyl (C=O) groups excluding carboxylic acids is 1. The second-order valence-corrected chi connectivity index (χ2v) is 8.68. The lowest BCUT2D eigenvalue weighted by atomic mass is 9.88. The van der Waals surface area contributed by atoms with Crippen LogP contribution in [0.1, 0.15) is 43.2 Å². The van der Waals surface area contributed by atoms with E-state index in [1.807, 2.05) is 42.2 Å². The highest BCUT2D eigenvalue weighted by Gasteiger charge is 2.29. The van der Waals surface area contributed by atoms with Crippen molar-refractivity contribution >= 4 is 44.2 Å².